The van der Waals surface area contributed by atoms with Crippen molar-refractivity contribution in [2.24, 2.45) is 0 Å². The average molecular weight is 339 g/mol. The van der Waals surface area contributed by atoms with Gasteiger partial charge in [0.1, 0.15) is 0 Å². The van der Waals surface area contributed by atoms with Gasteiger partial charge in [0.2, 0.25) is 0 Å². The highest BCUT2D eigenvalue weighted by Gasteiger charge is 2.13. The molecule has 2 aromatic rings. The Morgan fingerprint density at radius 1 is 1.16 bits per heavy atom. The lowest BCUT2D eigenvalue weighted by molar-refractivity contribution is 0.102. The molecule has 19 heavy (non-hydrogen) atoms. The molecule has 98 valence electrons. The number of aryl methyl sites for hydroxylation is 2. The van der Waals surface area contributed by atoms with E-state index in [9.17, 15) is 4.79 Å². The van der Waals surface area contributed by atoms with Gasteiger partial charge in [0.05, 0.1) is 10.7 Å². The van der Waals surface area contributed by atoms with Crippen LogP contribution < -0.4 is 5.32 Å². The van der Waals surface area contributed by atoms with Crippen LogP contribution in [-0.2, 0) is 0 Å². The van der Waals surface area contributed by atoms with E-state index >= 15 is 0 Å². The van der Waals surface area contributed by atoms with Crippen molar-refractivity contribution in [3.05, 3.63) is 62.6 Å². The van der Waals surface area contributed by atoms with E-state index in [1.54, 1.807) is 12.1 Å². The quantitative estimate of drug-likeness (QED) is 0.823. The van der Waals surface area contributed by atoms with E-state index < -0.39 is 0 Å². The van der Waals surface area contributed by atoms with Gasteiger partial charge in [-0.15, -0.1) is 0 Å². The molecule has 0 saturated carbocycles. The summed E-state index contributed by atoms with van der Waals surface area (Å²) in [5, 5.41) is 3.36. The van der Waals surface area contributed by atoms with Gasteiger partial charge in [-0.05, 0) is 43.2 Å². The van der Waals surface area contributed by atoms with Gasteiger partial charge in [0.25, 0.3) is 5.91 Å². The fraction of sp³-hybridized carbons (Fsp3) is 0.133. The number of nitrogens with one attached hydrogen (secondary N) is 1. The summed E-state index contributed by atoms with van der Waals surface area (Å²) >= 11 is 9.43. The van der Waals surface area contributed by atoms with Gasteiger partial charge >= 0.3 is 0 Å². The molecule has 0 aliphatic heterocycles. The van der Waals surface area contributed by atoms with Gasteiger partial charge in [0, 0.05) is 10.0 Å². The van der Waals surface area contributed by atoms with Crippen LogP contribution in [0.5, 0.6) is 0 Å². The predicted octanol–water partition coefficient (Wildman–Crippen LogP) is 4.97. The molecule has 4 heteroatoms. The smallest absolute Gasteiger partial charge is 0.256 e. The second-order valence-electron chi connectivity index (χ2n) is 4.35. The highest BCUT2D eigenvalue weighted by Crippen LogP contribution is 2.26. The third-order valence-corrected chi connectivity index (χ3v) is 3.71. The molecule has 1 N–H and O–H groups in total. The molecule has 0 fully saturated rings. The summed E-state index contributed by atoms with van der Waals surface area (Å²) in [5.74, 6) is -0.143. The number of halogens is 2. The molecule has 0 aliphatic carbocycles. The summed E-state index contributed by atoms with van der Waals surface area (Å²) in [6, 6.07) is 11.1. The first kappa shape index (κ1) is 14.1. The Labute approximate surface area is 125 Å². The van der Waals surface area contributed by atoms with Crippen molar-refractivity contribution in [2.75, 3.05) is 5.32 Å². The summed E-state index contributed by atoms with van der Waals surface area (Å²) in [4.78, 5) is 12.3. The molecule has 0 aliphatic rings. The number of carbonyl (C=O) groups is 1. The van der Waals surface area contributed by atoms with Crippen molar-refractivity contribution in [3.8, 4) is 0 Å². The summed E-state index contributed by atoms with van der Waals surface area (Å²) in [7, 11) is 0. The van der Waals surface area contributed by atoms with Crippen LogP contribution in [0.2, 0.25) is 5.02 Å². The number of benzene rings is 2. The van der Waals surface area contributed by atoms with E-state index in [2.05, 4.69) is 21.2 Å². The van der Waals surface area contributed by atoms with Gasteiger partial charge in [-0.3, -0.25) is 4.79 Å². The molecule has 0 saturated heterocycles. The Morgan fingerprint density at radius 3 is 2.42 bits per heavy atom. The van der Waals surface area contributed by atoms with Crippen LogP contribution in [0, 0.1) is 13.8 Å². The zero-order chi connectivity index (χ0) is 14.0. The van der Waals surface area contributed by atoms with Crippen LogP contribution in [0.15, 0.2) is 40.9 Å². The van der Waals surface area contributed by atoms with Crippen molar-refractivity contribution in [2.45, 2.75) is 13.8 Å². The number of hydrogen-bond acceptors (Lipinski definition) is 1. The maximum absolute atomic E-state index is 12.3. The fourth-order valence-corrected chi connectivity index (χ4v) is 2.48. The summed E-state index contributed by atoms with van der Waals surface area (Å²) in [6.45, 7) is 3.84. The zero-order valence-corrected chi connectivity index (χ0v) is 13.0. The lowest BCUT2D eigenvalue weighted by Gasteiger charge is -2.11. The molecular weight excluding hydrogens is 326 g/mol. The van der Waals surface area contributed by atoms with Gasteiger partial charge in [-0.1, -0.05) is 45.7 Å². The van der Waals surface area contributed by atoms with E-state index in [1.807, 2.05) is 38.1 Å². The van der Waals surface area contributed by atoms with Crippen LogP contribution in [0.4, 0.5) is 5.69 Å². The number of anilines is 1. The van der Waals surface area contributed by atoms with Gasteiger partial charge in [-0.2, -0.15) is 0 Å². The first-order chi connectivity index (χ1) is 8.99. The molecule has 0 heterocycles. The first-order valence-corrected chi connectivity index (χ1v) is 6.99. The lowest BCUT2D eigenvalue weighted by atomic mass is 10.0. The Morgan fingerprint density at radius 2 is 1.79 bits per heavy atom. The average Bonchev–Trinajstić information content (AvgIpc) is 2.33. The van der Waals surface area contributed by atoms with Crippen LogP contribution in [0.1, 0.15) is 21.5 Å². The summed E-state index contributed by atoms with van der Waals surface area (Å²) in [6.07, 6.45) is 0. The second-order valence-corrected chi connectivity index (χ2v) is 5.67. The number of carbonyl (C=O) groups excluding carboxylic acids is 1. The van der Waals surface area contributed by atoms with Gasteiger partial charge in [-0.25, -0.2) is 0 Å². The highest BCUT2D eigenvalue weighted by molar-refractivity contribution is 9.10. The van der Waals surface area contributed by atoms with Crippen LogP contribution in [0.3, 0.4) is 0 Å². The van der Waals surface area contributed by atoms with Crippen molar-refractivity contribution in [1.29, 1.82) is 0 Å². The molecule has 0 atom stereocenters. The number of amides is 1. The predicted molar refractivity (Wildman–Crippen MR) is 83.0 cm³/mol. The second kappa shape index (κ2) is 5.76. The van der Waals surface area contributed by atoms with Crippen molar-refractivity contribution >= 4 is 39.1 Å². The molecule has 0 radical (unpaired) electrons. The largest absolute Gasteiger partial charge is 0.321 e. The summed E-state index contributed by atoms with van der Waals surface area (Å²) in [5.41, 5.74) is 3.19. The molecule has 2 aromatic carbocycles. The molecular formula is C15H13BrClNO. The topological polar surface area (TPSA) is 29.1 Å². The van der Waals surface area contributed by atoms with Crippen LogP contribution in [0.25, 0.3) is 0 Å². The molecule has 0 aromatic heterocycles. The Kier molecular flexibility index (Phi) is 4.27. The minimum Gasteiger partial charge on any atom is -0.321 e. The van der Waals surface area contributed by atoms with E-state index in [1.165, 1.54) is 0 Å². The molecule has 0 bridgehead atoms. The number of rotatable bonds is 2. The van der Waals surface area contributed by atoms with Crippen LogP contribution >= 0.6 is 27.5 Å². The van der Waals surface area contributed by atoms with Crippen molar-refractivity contribution in [1.82, 2.24) is 0 Å². The minimum absolute atomic E-state index is 0.143. The molecule has 2 rings (SSSR count). The highest BCUT2D eigenvalue weighted by atomic mass is 79.9. The maximum Gasteiger partial charge on any atom is 0.256 e. The SMILES string of the molecule is Cc1cccc(C)c1C(=O)Nc1cc(Br)ccc1Cl. The molecule has 0 unspecified atom stereocenters. The Hall–Kier alpha value is -1.32. The monoisotopic (exact) mass is 337 g/mol. The van der Waals surface area contributed by atoms with E-state index in [-0.39, 0.29) is 5.91 Å². The Bertz CT molecular complexity index is 620. The zero-order valence-electron chi connectivity index (χ0n) is 10.6. The standard InChI is InChI=1S/C15H13BrClNO/c1-9-4-3-5-10(2)14(9)15(19)18-13-8-11(16)6-7-12(13)17/h3-8H,1-2H3,(H,18,19). The van der Waals surface area contributed by atoms with E-state index in [0.29, 0.717) is 16.3 Å². The summed E-state index contributed by atoms with van der Waals surface area (Å²) < 4.78 is 0.869. The van der Waals surface area contributed by atoms with Crippen LogP contribution in [-0.4, -0.2) is 5.91 Å². The Balaban J connectivity index is 2.34. The third kappa shape index (κ3) is 3.17. The van der Waals surface area contributed by atoms with Crippen molar-refractivity contribution < 1.29 is 4.79 Å². The number of hydrogen-bond donors (Lipinski definition) is 1. The third-order valence-electron chi connectivity index (χ3n) is 2.88. The van der Waals surface area contributed by atoms with Gasteiger partial charge in [0.15, 0.2) is 0 Å². The first-order valence-electron chi connectivity index (χ1n) is 5.81. The normalized spacial score (nSPS) is 10.3. The maximum atomic E-state index is 12.3. The van der Waals surface area contributed by atoms with E-state index in [0.717, 1.165) is 15.6 Å². The molecule has 0 spiro atoms. The molecule has 1 amide bonds. The molecule has 2 nitrogen and oxygen atoms in total. The van der Waals surface area contributed by atoms with E-state index in [4.69, 9.17) is 11.6 Å². The van der Waals surface area contributed by atoms with Gasteiger partial charge < -0.3 is 5.32 Å². The lowest BCUT2D eigenvalue weighted by Crippen LogP contribution is -2.15. The van der Waals surface area contributed by atoms with Crippen molar-refractivity contribution in [3.63, 3.8) is 0 Å². The minimum atomic E-state index is -0.143. The fourth-order valence-electron chi connectivity index (χ4n) is 1.95.